The number of hydrazine groups is 1. The van der Waals surface area contributed by atoms with Gasteiger partial charge in [-0.15, -0.1) is 0 Å². The second kappa shape index (κ2) is 4.96. The normalized spacial score (nSPS) is 15.5. The monoisotopic (exact) mass is 263 g/mol. The molecule has 0 aliphatic heterocycles. The summed E-state index contributed by atoms with van der Waals surface area (Å²) in [5.41, 5.74) is 3.78. The standard InChI is InChI=1S/C14H25N5/c1-6-14(3,4)19(5)13-9(2)11(18-15)16-12(17-13)10-7-8-10/h10H,6-8,15H2,1-5H3,(H,16,17,18). The Balaban J connectivity index is 2.45. The molecule has 0 saturated heterocycles. The van der Waals surface area contributed by atoms with Crippen LogP contribution in [0.1, 0.15) is 57.3 Å². The van der Waals surface area contributed by atoms with Crippen LogP contribution in [0.5, 0.6) is 0 Å². The van der Waals surface area contributed by atoms with E-state index in [-0.39, 0.29) is 5.54 Å². The largest absolute Gasteiger partial charge is 0.354 e. The van der Waals surface area contributed by atoms with Crippen molar-refractivity contribution >= 4 is 11.6 Å². The highest BCUT2D eigenvalue weighted by Gasteiger charge is 2.30. The minimum Gasteiger partial charge on any atom is -0.354 e. The van der Waals surface area contributed by atoms with Crippen molar-refractivity contribution < 1.29 is 0 Å². The van der Waals surface area contributed by atoms with E-state index in [1.807, 2.05) is 6.92 Å². The second-order valence-electron chi connectivity index (χ2n) is 6.02. The maximum absolute atomic E-state index is 5.59. The molecule has 1 heterocycles. The fourth-order valence-electron chi connectivity index (χ4n) is 2.04. The van der Waals surface area contributed by atoms with Gasteiger partial charge in [0.15, 0.2) is 0 Å². The molecule has 3 N–H and O–H groups in total. The SMILES string of the molecule is CCC(C)(C)N(C)c1nc(C2CC2)nc(NN)c1C. The summed E-state index contributed by atoms with van der Waals surface area (Å²) in [5.74, 6) is 8.76. The molecule has 0 aromatic carbocycles. The molecule has 1 aliphatic carbocycles. The molecule has 1 aromatic rings. The second-order valence-corrected chi connectivity index (χ2v) is 6.02. The molecule has 1 fully saturated rings. The number of anilines is 2. The lowest BCUT2D eigenvalue weighted by atomic mass is 9.99. The van der Waals surface area contributed by atoms with Gasteiger partial charge < -0.3 is 10.3 Å². The molecule has 5 nitrogen and oxygen atoms in total. The Morgan fingerprint density at radius 2 is 2.00 bits per heavy atom. The van der Waals surface area contributed by atoms with E-state index < -0.39 is 0 Å². The summed E-state index contributed by atoms with van der Waals surface area (Å²) in [6.45, 7) is 8.65. The van der Waals surface area contributed by atoms with E-state index in [9.17, 15) is 0 Å². The van der Waals surface area contributed by atoms with Gasteiger partial charge in [0, 0.05) is 24.1 Å². The third-order valence-electron chi connectivity index (χ3n) is 4.31. The minimum atomic E-state index is 0.0613. The molecule has 0 atom stereocenters. The number of nitrogens with two attached hydrogens (primary N) is 1. The first-order valence-electron chi connectivity index (χ1n) is 6.99. The van der Waals surface area contributed by atoms with Crippen LogP contribution >= 0.6 is 0 Å². The molecule has 0 unspecified atom stereocenters. The highest BCUT2D eigenvalue weighted by molar-refractivity contribution is 5.59. The van der Waals surface area contributed by atoms with Gasteiger partial charge in [-0.25, -0.2) is 15.8 Å². The average molecular weight is 263 g/mol. The van der Waals surface area contributed by atoms with Crippen LogP contribution in [0, 0.1) is 6.92 Å². The van der Waals surface area contributed by atoms with Crippen LogP contribution in [0.3, 0.4) is 0 Å². The van der Waals surface area contributed by atoms with Crippen molar-refractivity contribution in [3.05, 3.63) is 11.4 Å². The molecule has 0 radical (unpaired) electrons. The average Bonchev–Trinajstić information content (AvgIpc) is 3.22. The maximum atomic E-state index is 5.59. The van der Waals surface area contributed by atoms with Gasteiger partial charge in [0.1, 0.15) is 17.5 Å². The molecular weight excluding hydrogens is 238 g/mol. The van der Waals surface area contributed by atoms with E-state index in [2.05, 4.69) is 43.1 Å². The Hall–Kier alpha value is -1.36. The maximum Gasteiger partial charge on any atom is 0.148 e. The zero-order chi connectivity index (χ0) is 14.2. The van der Waals surface area contributed by atoms with Crippen molar-refractivity contribution in [1.29, 1.82) is 0 Å². The third kappa shape index (κ3) is 2.66. The molecule has 0 spiro atoms. The van der Waals surface area contributed by atoms with E-state index >= 15 is 0 Å². The van der Waals surface area contributed by atoms with Crippen LogP contribution < -0.4 is 16.2 Å². The third-order valence-corrected chi connectivity index (χ3v) is 4.31. The van der Waals surface area contributed by atoms with Crippen LogP contribution in [-0.4, -0.2) is 22.6 Å². The lowest BCUT2D eigenvalue weighted by Crippen LogP contribution is -2.41. The van der Waals surface area contributed by atoms with Gasteiger partial charge in [0.05, 0.1) is 0 Å². The number of nitrogen functional groups attached to an aromatic ring is 1. The van der Waals surface area contributed by atoms with Crippen molar-refractivity contribution in [2.45, 2.75) is 58.4 Å². The lowest BCUT2D eigenvalue weighted by molar-refractivity contribution is 0.466. The summed E-state index contributed by atoms with van der Waals surface area (Å²) in [4.78, 5) is 11.5. The molecule has 5 heteroatoms. The summed E-state index contributed by atoms with van der Waals surface area (Å²) in [5, 5.41) is 0. The summed E-state index contributed by atoms with van der Waals surface area (Å²) in [6.07, 6.45) is 3.43. The Morgan fingerprint density at radius 3 is 2.47 bits per heavy atom. The first-order chi connectivity index (χ1) is 8.90. The van der Waals surface area contributed by atoms with Crippen LogP contribution in [0.15, 0.2) is 0 Å². The number of nitrogens with zero attached hydrogens (tertiary/aromatic N) is 3. The molecule has 1 aromatic heterocycles. The number of hydrogen-bond donors (Lipinski definition) is 2. The van der Waals surface area contributed by atoms with Gasteiger partial charge in [0.25, 0.3) is 0 Å². The van der Waals surface area contributed by atoms with Crippen molar-refractivity contribution in [3.8, 4) is 0 Å². The Labute approximate surface area is 115 Å². The van der Waals surface area contributed by atoms with Gasteiger partial charge in [-0.2, -0.15) is 0 Å². The first kappa shape index (κ1) is 14.1. The first-order valence-corrected chi connectivity index (χ1v) is 6.99. The molecule has 2 rings (SSSR count). The predicted octanol–water partition coefficient (Wildman–Crippen LogP) is 2.57. The number of nitrogens with one attached hydrogen (secondary N) is 1. The van der Waals surface area contributed by atoms with Gasteiger partial charge in [-0.05, 0) is 40.0 Å². The van der Waals surface area contributed by atoms with Crippen LogP contribution in [0.2, 0.25) is 0 Å². The molecular formula is C14H25N5. The van der Waals surface area contributed by atoms with Crippen molar-refractivity contribution in [2.75, 3.05) is 17.4 Å². The number of aromatic nitrogens is 2. The molecule has 0 bridgehead atoms. The topological polar surface area (TPSA) is 67.1 Å². The highest BCUT2D eigenvalue weighted by Crippen LogP contribution is 2.40. The van der Waals surface area contributed by atoms with Crippen molar-refractivity contribution in [3.63, 3.8) is 0 Å². The van der Waals surface area contributed by atoms with Gasteiger partial charge in [-0.1, -0.05) is 6.92 Å². The zero-order valence-corrected chi connectivity index (χ0v) is 12.6. The quantitative estimate of drug-likeness (QED) is 0.631. The van der Waals surface area contributed by atoms with E-state index in [1.54, 1.807) is 0 Å². The van der Waals surface area contributed by atoms with Crippen molar-refractivity contribution in [1.82, 2.24) is 9.97 Å². The van der Waals surface area contributed by atoms with E-state index in [0.717, 1.165) is 29.4 Å². The highest BCUT2D eigenvalue weighted by atomic mass is 15.3. The van der Waals surface area contributed by atoms with Crippen molar-refractivity contribution in [2.24, 2.45) is 5.84 Å². The summed E-state index contributed by atoms with van der Waals surface area (Å²) >= 11 is 0. The number of rotatable bonds is 5. The smallest absolute Gasteiger partial charge is 0.148 e. The van der Waals surface area contributed by atoms with Gasteiger partial charge in [-0.3, -0.25) is 0 Å². The van der Waals surface area contributed by atoms with Gasteiger partial charge in [0.2, 0.25) is 0 Å². The summed E-state index contributed by atoms with van der Waals surface area (Å²) < 4.78 is 0. The Bertz CT molecular complexity index is 465. The molecule has 1 saturated carbocycles. The van der Waals surface area contributed by atoms with Gasteiger partial charge >= 0.3 is 0 Å². The van der Waals surface area contributed by atoms with E-state index in [0.29, 0.717) is 5.92 Å². The van der Waals surface area contributed by atoms with E-state index in [4.69, 9.17) is 10.8 Å². The summed E-state index contributed by atoms with van der Waals surface area (Å²) in [6, 6.07) is 0. The number of hydrogen-bond acceptors (Lipinski definition) is 5. The lowest BCUT2D eigenvalue weighted by Gasteiger charge is -2.37. The molecule has 1 aliphatic rings. The Morgan fingerprint density at radius 1 is 1.37 bits per heavy atom. The Kier molecular flexibility index (Phi) is 3.67. The molecule has 0 amide bonds. The van der Waals surface area contributed by atoms with Crippen LogP contribution in [0.25, 0.3) is 0 Å². The predicted molar refractivity (Wildman–Crippen MR) is 79.3 cm³/mol. The van der Waals surface area contributed by atoms with E-state index in [1.165, 1.54) is 12.8 Å². The zero-order valence-electron chi connectivity index (χ0n) is 12.6. The molecule has 106 valence electrons. The fraction of sp³-hybridized carbons (Fsp3) is 0.714. The van der Waals surface area contributed by atoms with Crippen LogP contribution in [-0.2, 0) is 0 Å². The summed E-state index contributed by atoms with van der Waals surface area (Å²) in [7, 11) is 2.09. The molecule has 19 heavy (non-hydrogen) atoms. The minimum absolute atomic E-state index is 0.0613. The van der Waals surface area contributed by atoms with Crippen LogP contribution in [0.4, 0.5) is 11.6 Å². The fourth-order valence-corrected chi connectivity index (χ4v) is 2.04.